The first-order valence-electron chi connectivity index (χ1n) is 13.6. The molecule has 0 aliphatic rings. The molecule has 0 spiro atoms. The monoisotopic (exact) mass is 511 g/mol. The van der Waals surface area contributed by atoms with E-state index < -0.39 is 0 Å². The van der Waals surface area contributed by atoms with Crippen LogP contribution >= 0.6 is 0 Å². The lowest BCUT2D eigenvalue weighted by molar-refractivity contribution is 0.669. The summed E-state index contributed by atoms with van der Waals surface area (Å²) in [7, 11) is 0. The fraction of sp³-hybridized carbons (Fsp3) is 0. The Morgan fingerprint density at radius 3 is 1.62 bits per heavy atom. The molecule has 1 heterocycles. The third-order valence-corrected chi connectivity index (χ3v) is 7.85. The molecule has 0 bridgehead atoms. The highest BCUT2D eigenvalue weighted by atomic mass is 16.3. The maximum Gasteiger partial charge on any atom is 0.136 e. The van der Waals surface area contributed by atoms with Gasteiger partial charge in [-0.2, -0.15) is 0 Å². The zero-order valence-electron chi connectivity index (χ0n) is 21.8. The van der Waals surface area contributed by atoms with Crippen molar-refractivity contribution in [2.45, 2.75) is 0 Å². The molecule has 0 aliphatic carbocycles. The summed E-state index contributed by atoms with van der Waals surface area (Å²) in [5.74, 6) is 0. The molecule has 0 amide bonds. The van der Waals surface area contributed by atoms with Gasteiger partial charge < -0.3 is 9.32 Å². The number of rotatable bonds is 5. The quantitative estimate of drug-likeness (QED) is 0.214. The van der Waals surface area contributed by atoms with Crippen molar-refractivity contribution in [2.75, 3.05) is 4.90 Å². The molecule has 8 rings (SSSR count). The van der Waals surface area contributed by atoms with E-state index in [1.165, 1.54) is 43.8 Å². The van der Waals surface area contributed by atoms with Gasteiger partial charge in [-0.3, -0.25) is 0 Å². The number of para-hydroxylation sites is 2. The highest BCUT2D eigenvalue weighted by molar-refractivity contribution is 6.24. The van der Waals surface area contributed by atoms with Crippen LogP contribution in [0.5, 0.6) is 0 Å². The van der Waals surface area contributed by atoms with Crippen LogP contribution in [0.1, 0.15) is 0 Å². The van der Waals surface area contributed by atoms with Gasteiger partial charge in [-0.15, -0.1) is 0 Å². The minimum atomic E-state index is 0.947. The summed E-state index contributed by atoms with van der Waals surface area (Å²) >= 11 is 0. The van der Waals surface area contributed by atoms with Gasteiger partial charge in [-0.1, -0.05) is 103 Å². The zero-order valence-corrected chi connectivity index (χ0v) is 21.8. The normalized spacial score (nSPS) is 11.5. The molecular weight excluding hydrogens is 486 g/mol. The average molecular weight is 512 g/mol. The number of anilines is 3. The van der Waals surface area contributed by atoms with Crippen molar-refractivity contribution in [3.63, 3.8) is 0 Å². The van der Waals surface area contributed by atoms with E-state index in [1.807, 2.05) is 0 Å². The third-order valence-electron chi connectivity index (χ3n) is 7.85. The van der Waals surface area contributed by atoms with Gasteiger partial charge in [0, 0.05) is 27.8 Å². The topological polar surface area (TPSA) is 16.4 Å². The second-order valence-corrected chi connectivity index (χ2v) is 10.2. The molecule has 0 saturated carbocycles. The smallest absolute Gasteiger partial charge is 0.136 e. The van der Waals surface area contributed by atoms with Crippen LogP contribution < -0.4 is 4.90 Å². The summed E-state index contributed by atoms with van der Waals surface area (Å²) < 4.78 is 6.16. The van der Waals surface area contributed by atoms with Crippen LogP contribution in [-0.4, -0.2) is 0 Å². The maximum atomic E-state index is 6.16. The molecule has 188 valence electrons. The van der Waals surface area contributed by atoms with Crippen LogP contribution in [0.15, 0.2) is 156 Å². The Bertz CT molecular complexity index is 2030. The van der Waals surface area contributed by atoms with Crippen LogP contribution in [0.2, 0.25) is 0 Å². The predicted octanol–water partition coefficient (Wildman–Crippen LogP) is 11.0. The Kier molecular flexibility index (Phi) is 5.17. The Morgan fingerprint density at radius 2 is 0.950 bits per heavy atom. The van der Waals surface area contributed by atoms with Crippen LogP contribution in [0.25, 0.3) is 55.0 Å². The number of benzene rings is 7. The first kappa shape index (κ1) is 22.6. The SMILES string of the molecule is c1ccc(N(c2ccccc2)c2ccc(-c3ccc(-c4ccc5oc6cccc7ccc4c5c76)cc3)cc2)cc1. The van der Waals surface area contributed by atoms with E-state index >= 15 is 0 Å². The second-order valence-electron chi connectivity index (χ2n) is 10.2. The van der Waals surface area contributed by atoms with Gasteiger partial charge in [0.15, 0.2) is 0 Å². The summed E-state index contributed by atoms with van der Waals surface area (Å²) in [4.78, 5) is 2.28. The predicted molar refractivity (Wildman–Crippen MR) is 168 cm³/mol. The molecule has 0 radical (unpaired) electrons. The third kappa shape index (κ3) is 3.65. The Labute approximate surface area is 232 Å². The van der Waals surface area contributed by atoms with Crippen LogP contribution in [0.4, 0.5) is 17.1 Å². The molecule has 0 fully saturated rings. The van der Waals surface area contributed by atoms with Crippen LogP contribution in [0.3, 0.4) is 0 Å². The van der Waals surface area contributed by atoms with Crippen LogP contribution in [-0.2, 0) is 0 Å². The van der Waals surface area contributed by atoms with Gasteiger partial charge in [0.25, 0.3) is 0 Å². The van der Waals surface area contributed by atoms with E-state index in [2.05, 4.69) is 157 Å². The molecule has 8 aromatic rings. The van der Waals surface area contributed by atoms with Crippen molar-refractivity contribution in [1.82, 2.24) is 0 Å². The van der Waals surface area contributed by atoms with Crippen molar-refractivity contribution in [1.29, 1.82) is 0 Å². The van der Waals surface area contributed by atoms with E-state index in [0.29, 0.717) is 0 Å². The molecule has 40 heavy (non-hydrogen) atoms. The van der Waals surface area contributed by atoms with Crippen molar-refractivity contribution in [3.8, 4) is 22.3 Å². The second kappa shape index (κ2) is 9.14. The zero-order chi connectivity index (χ0) is 26.5. The van der Waals surface area contributed by atoms with Gasteiger partial charge in [0.1, 0.15) is 11.2 Å². The minimum Gasteiger partial charge on any atom is -0.456 e. The van der Waals surface area contributed by atoms with Gasteiger partial charge in [0.2, 0.25) is 0 Å². The Balaban J connectivity index is 1.14. The molecule has 0 unspecified atom stereocenters. The van der Waals surface area contributed by atoms with Gasteiger partial charge >= 0.3 is 0 Å². The first-order valence-corrected chi connectivity index (χ1v) is 13.6. The molecule has 2 nitrogen and oxygen atoms in total. The molecule has 0 atom stereocenters. The van der Waals surface area contributed by atoms with E-state index in [9.17, 15) is 0 Å². The molecule has 1 aromatic heterocycles. The molecular formula is C38H25NO. The fourth-order valence-electron chi connectivity index (χ4n) is 5.94. The minimum absolute atomic E-state index is 0.947. The van der Waals surface area contributed by atoms with E-state index in [-0.39, 0.29) is 0 Å². The summed E-state index contributed by atoms with van der Waals surface area (Å²) in [5.41, 5.74) is 10.1. The van der Waals surface area contributed by atoms with Gasteiger partial charge in [-0.05, 0) is 81.6 Å². The molecule has 0 saturated heterocycles. The summed E-state index contributed by atoms with van der Waals surface area (Å²) in [6, 6.07) is 53.7. The summed E-state index contributed by atoms with van der Waals surface area (Å²) in [5, 5.41) is 4.88. The molecule has 0 aliphatic heterocycles. The summed E-state index contributed by atoms with van der Waals surface area (Å²) in [6.45, 7) is 0. The first-order chi connectivity index (χ1) is 19.8. The number of hydrogen-bond donors (Lipinski definition) is 0. The average Bonchev–Trinajstić information content (AvgIpc) is 3.42. The maximum absolute atomic E-state index is 6.16. The van der Waals surface area contributed by atoms with Gasteiger partial charge in [-0.25, -0.2) is 0 Å². The standard InChI is InChI=1S/C38H25NO/c1-3-9-30(10-4-1)39(31-11-5-2-6-12-31)32-21-18-27(19-22-32)26-14-16-28(17-15-26)33-24-25-36-38-34(33)23-20-29-8-7-13-35(40-36)37(29)38/h1-25H. The Morgan fingerprint density at radius 1 is 0.375 bits per heavy atom. The Hall–Kier alpha value is -5.34. The highest BCUT2D eigenvalue weighted by Gasteiger charge is 2.16. The van der Waals surface area contributed by atoms with Crippen molar-refractivity contribution >= 4 is 49.8 Å². The van der Waals surface area contributed by atoms with Crippen molar-refractivity contribution < 1.29 is 4.42 Å². The van der Waals surface area contributed by atoms with E-state index in [0.717, 1.165) is 28.2 Å². The molecule has 0 N–H and O–H groups in total. The van der Waals surface area contributed by atoms with E-state index in [1.54, 1.807) is 0 Å². The van der Waals surface area contributed by atoms with Crippen molar-refractivity contribution in [2.24, 2.45) is 0 Å². The van der Waals surface area contributed by atoms with Crippen molar-refractivity contribution in [3.05, 3.63) is 152 Å². The lowest BCUT2D eigenvalue weighted by Gasteiger charge is -2.25. The number of furan rings is 1. The highest BCUT2D eigenvalue weighted by Crippen LogP contribution is 2.41. The lowest BCUT2D eigenvalue weighted by atomic mass is 9.93. The largest absolute Gasteiger partial charge is 0.456 e. The van der Waals surface area contributed by atoms with Crippen LogP contribution in [0, 0.1) is 0 Å². The van der Waals surface area contributed by atoms with Gasteiger partial charge in [0.05, 0.1) is 0 Å². The lowest BCUT2D eigenvalue weighted by Crippen LogP contribution is -2.09. The van der Waals surface area contributed by atoms with E-state index in [4.69, 9.17) is 4.42 Å². The number of nitrogens with zero attached hydrogens (tertiary/aromatic N) is 1. The molecule has 2 heteroatoms. The molecule has 7 aromatic carbocycles. The number of hydrogen-bond acceptors (Lipinski definition) is 2. The fourth-order valence-corrected chi connectivity index (χ4v) is 5.94. The summed E-state index contributed by atoms with van der Waals surface area (Å²) in [6.07, 6.45) is 0.